The molecule has 0 saturated carbocycles. The van der Waals surface area contributed by atoms with Crippen molar-refractivity contribution < 1.29 is 4.74 Å². The highest BCUT2D eigenvalue weighted by molar-refractivity contribution is 9.10. The van der Waals surface area contributed by atoms with E-state index in [1.165, 1.54) is 0 Å². The van der Waals surface area contributed by atoms with Gasteiger partial charge in [0.2, 0.25) is 0 Å². The van der Waals surface area contributed by atoms with Gasteiger partial charge < -0.3 is 4.74 Å². The van der Waals surface area contributed by atoms with Crippen molar-refractivity contribution in [3.05, 3.63) is 57.0 Å². The summed E-state index contributed by atoms with van der Waals surface area (Å²) in [6.45, 7) is 0. The van der Waals surface area contributed by atoms with Gasteiger partial charge in [-0.2, -0.15) is 0 Å². The summed E-state index contributed by atoms with van der Waals surface area (Å²) in [5, 5.41) is 0. The van der Waals surface area contributed by atoms with Gasteiger partial charge in [0.1, 0.15) is 11.5 Å². The third-order valence-corrected chi connectivity index (χ3v) is 3.47. The van der Waals surface area contributed by atoms with Crippen molar-refractivity contribution in [2.24, 2.45) is 0 Å². The maximum absolute atomic E-state index is 5.88. The maximum atomic E-state index is 5.88. The first-order valence-corrected chi connectivity index (χ1v) is 7.09. The molecule has 0 aliphatic heterocycles. The monoisotopic (exact) mass is 374 g/mol. The Balaban J connectivity index is 2.32. The predicted octanol–water partition coefficient (Wildman–Crippen LogP) is 5.74. The van der Waals surface area contributed by atoms with Crippen molar-refractivity contribution in [3.8, 4) is 11.5 Å². The second-order valence-corrected chi connectivity index (χ2v) is 5.54. The minimum absolute atomic E-state index is 0.427. The first-order valence-electron chi connectivity index (χ1n) is 4.97. The van der Waals surface area contributed by atoms with E-state index in [4.69, 9.17) is 16.3 Å². The molecule has 17 heavy (non-hydrogen) atoms. The Labute approximate surface area is 122 Å². The molecule has 0 aromatic heterocycles. The molecule has 0 amide bonds. The largest absolute Gasteiger partial charge is 0.457 e. The maximum Gasteiger partial charge on any atom is 0.132 e. The van der Waals surface area contributed by atoms with E-state index in [2.05, 4.69) is 31.9 Å². The first kappa shape index (κ1) is 12.9. The van der Waals surface area contributed by atoms with Gasteiger partial charge in [0.25, 0.3) is 0 Å². The zero-order valence-corrected chi connectivity index (χ0v) is 12.7. The molecule has 2 aromatic carbocycles. The first-order chi connectivity index (χ1) is 8.19. The van der Waals surface area contributed by atoms with Gasteiger partial charge >= 0.3 is 0 Å². The van der Waals surface area contributed by atoms with Crippen LogP contribution >= 0.6 is 43.5 Å². The van der Waals surface area contributed by atoms with Gasteiger partial charge in [-0.3, -0.25) is 0 Å². The van der Waals surface area contributed by atoms with Crippen LogP contribution in [0.1, 0.15) is 5.56 Å². The number of halogens is 3. The third kappa shape index (κ3) is 3.47. The summed E-state index contributed by atoms with van der Waals surface area (Å²) in [5.74, 6) is 1.98. The Morgan fingerprint density at radius 2 is 1.76 bits per heavy atom. The van der Waals surface area contributed by atoms with E-state index in [9.17, 15) is 0 Å². The SMILES string of the molecule is ClCc1ccc(Br)cc1Oc1cccc(Br)c1. The highest BCUT2D eigenvalue weighted by Gasteiger charge is 2.05. The van der Waals surface area contributed by atoms with Crippen LogP contribution in [0.4, 0.5) is 0 Å². The molecule has 0 radical (unpaired) electrons. The zero-order chi connectivity index (χ0) is 12.3. The lowest BCUT2D eigenvalue weighted by Gasteiger charge is -2.10. The topological polar surface area (TPSA) is 9.23 Å². The van der Waals surface area contributed by atoms with Gasteiger partial charge in [-0.15, -0.1) is 11.6 Å². The van der Waals surface area contributed by atoms with E-state index >= 15 is 0 Å². The molecule has 0 bridgehead atoms. The standard InChI is InChI=1S/C13H9Br2ClO/c14-10-2-1-3-12(6-10)17-13-7-11(15)5-4-9(13)8-16/h1-7H,8H2. The van der Waals surface area contributed by atoms with Crippen LogP contribution in [0.2, 0.25) is 0 Å². The number of benzene rings is 2. The predicted molar refractivity (Wildman–Crippen MR) is 77.9 cm³/mol. The van der Waals surface area contributed by atoms with E-state index in [0.717, 1.165) is 26.0 Å². The van der Waals surface area contributed by atoms with Crippen molar-refractivity contribution in [1.82, 2.24) is 0 Å². The van der Waals surface area contributed by atoms with Crippen molar-refractivity contribution in [2.75, 3.05) is 0 Å². The van der Waals surface area contributed by atoms with E-state index in [1.54, 1.807) is 0 Å². The summed E-state index contributed by atoms with van der Waals surface area (Å²) in [6, 6.07) is 13.5. The molecule has 0 spiro atoms. The molecule has 4 heteroatoms. The van der Waals surface area contributed by atoms with Gasteiger partial charge in [-0.1, -0.05) is 44.0 Å². The van der Waals surface area contributed by atoms with Crippen LogP contribution in [0.25, 0.3) is 0 Å². The van der Waals surface area contributed by atoms with E-state index in [-0.39, 0.29) is 0 Å². The van der Waals surface area contributed by atoms with Crippen LogP contribution in [-0.2, 0) is 5.88 Å². The number of rotatable bonds is 3. The van der Waals surface area contributed by atoms with Crippen LogP contribution in [0, 0.1) is 0 Å². The fourth-order valence-corrected chi connectivity index (χ4v) is 2.33. The van der Waals surface area contributed by atoms with Crippen LogP contribution < -0.4 is 4.74 Å². The Bertz CT molecular complexity index is 529. The molecule has 0 fully saturated rings. The molecule has 0 unspecified atom stereocenters. The van der Waals surface area contributed by atoms with Crippen molar-refractivity contribution in [2.45, 2.75) is 5.88 Å². The molecule has 0 N–H and O–H groups in total. The summed E-state index contributed by atoms with van der Waals surface area (Å²) < 4.78 is 7.77. The molecule has 2 aromatic rings. The number of ether oxygens (including phenoxy) is 1. The molecule has 0 heterocycles. The summed E-state index contributed by atoms with van der Waals surface area (Å²) in [4.78, 5) is 0. The molecule has 2 rings (SSSR count). The van der Waals surface area contributed by atoms with Gasteiger partial charge in [0.15, 0.2) is 0 Å². The van der Waals surface area contributed by atoms with Gasteiger partial charge in [0, 0.05) is 14.5 Å². The Kier molecular flexibility index (Phi) is 4.48. The third-order valence-electron chi connectivity index (χ3n) is 2.20. The van der Waals surface area contributed by atoms with Crippen LogP contribution in [0.15, 0.2) is 51.4 Å². The molecule has 1 nitrogen and oxygen atoms in total. The summed E-state index contributed by atoms with van der Waals surface area (Å²) in [7, 11) is 0. The lowest BCUT2D eigenvalue weighted by Crippen LogP contribution is -1.89. The van der Waals surface area contributed by atoms with E-state index in [1.807, 2.05) is 42.5 Å². The fraction of sp³-hybridized carbons (Fsp3) is 0.0769. The Morgan fingerprint density at radius 3 is 2.47 bits per heavy atom. The molecule has 88 valence electrons. The zero-order valence-electron chi connectivity index (χ0n) is 8.79. The Morgan fingerprint density at radius 1 is 1.00 bits per heavy atom. The van der Waals surface area contributed by atoms with E-state index in [0.29, 0.717) is 5.88 Å². The van der Waals surface area contributed by atoms with Crippen molar-refractivity contribution in [1.29, 1.82) is 0 Å². The lowest BCUT2D eigenvalue weighted by molar-refractivity contribution is 0.477. The number of hydrogen-bond donors (Lipinski definition) is 0. The summed E-state index contributed by atoms with van der Waals surface area (Å²) >= 11 is 12.7. The van der Waals surface area contributed by atoms with Crippen LogP contribution in [0.5, 0.6) is 11.5 Å². The molecule has 0 aliphatic carbocycles. The van der Waals surface area contributed by atoms with Crippen molar-refractivity contribution in [3.63, 3.8) is 0 Å². The smallest absolute Gasteiger partial charge is 0.132 e. The highest BCUT2D eigenvalue weighted by Crippen LogP contribution is 2.30. The average molecular weight is 376 g/mol. The van der Waals surface area contributed by atoms with Gasteiger partial charge in [0.05, 0.1) is 5.88 Å². The second kappa shape index (κ2) is 5.89. The summed E-state index contributed by atoms with van der Waals surface area (Å²) in [6.07, 6.45) is 0. The molecular formula is C13H9Br2ClO. The minimum atomic E-state index is 0.427. The highest BCUT2D eigenvalue weighted by atomic mass is 79.9. The van der Waals surface area contributed by atoms with E-state index < -0.39 is 0 Å². The Hall–Kier alpha value is -0.510. The normalized spacial score (nSPS) is 10.3. The van der Waals surface area contributed by atoms with Crippen LogP contribution in [-0.4, -0.2) is 0 Å². The fourth-order valence-electron chi connectivity index (χ4n) is 1.39. The molecule has 0 atom stereocenters. The molecule has 0 saturated heterocycles. The van der Waals surface area contributed by atoms with Crippen molar-refractivity contribution >= 4 is 43.5 Å². The minimum Gasteiger partial charge on any atom is -0.457 e. The quantitative estimate of drug-likeness (QED) is 0.621. The number of hydrogen-bond acceptors (Lipinski definition) is 1. The van der Waals surface area contributed by atoms with Crippen LogP contribution in [0.3, 0.4) is 0 Å². The lowest BCUT2D eigenvalue weighted by atomic mass is 10.2. The number of alkyl halides is 1. The van der Waals surface area contributed by atoms with Gasteiger partial charge in [-0.05, 0) is 30.3 Å². The van der Waals surface area contributed by atoms with Gasteiger partial charge in [-0.25, -0.2) is 0 Å². The molecule has 0 aliphatic rings. The second-order valence-electron chi connectivity index (χ2n) is 3.45. The average Bonchev–Trinajstić information content (AvgIpc) is 2.29. The summed E-state index contributed by atoms with van der Waals surface area (Å²) in [5.41, 5.74) is 0.967. The molecular weight excluding hydrogens is 367 g/mol.